The number of hydrogen-bond donors (Lipinski definition) is 2. The van der Waals surface area contributed by atoms with Crippen LogP contribution in [0.1, 0.15) is 26.7 Å². The lowest BCUT2D eigenvalue weighted by molar-refractivity contribution is -0.127. The SMILES string of the molecule is CC(C)C(=O)C1CCCN(C(=N)N)C1. The smallest absolute Gasteiger partial charge is 0.188 e. The zero-order valence-corrected chi connectivity index (χ0v) is 8.92. The van der Waals surface area contributed by atoms with Gasteiger partial charge in [0, 0.05) is 24.9 Å². The molecule has 0 radical (unpaired) electrons. The van der Waals surface area contributed by atoms with Gasteiger partial charge in [0.1, 0.15) is 5.78 Å². The van der Waals surface area contributed by atoms with E-state index in [0.717, 1.165) is 19.4 Å². The number of nitrogens with two attached hydrogens (primary N) is 1. The normalized spacial score (nSPS) is 22.5. The topological polar surface area (TPSA) is 70.2 Å². The summed E-state index contributed by atoms with van der Waals surface area (Å²) in [6, 6.07) is 0. The van der Waals surface area contributed by atoms with Gasteiger partial charge < -0.3 is 10.6 Å². The Balaban J connectivity index is 2.56. The van der Waals surface area contributed by atoms with Crippen molar-refractivity contribution in [2.24, 2.45) is 17.6 Å². The van der Waals surface area contributed by atoms with Gasteiger partial charge in [-0.05, 0) is 12.8 Å². The lowest BCUT2D eigenvalue weighted by Crippen LogP contribution is -2.45. The molecule has 0 aromatic heterocycles. The first kappa shape index (κ1) is 11.0. The maximum Gasteiger partial charge on any atom is 0.188 e. The van der Waals surface area contributed by atoms with Gasteiger partial charge in [-0.3, -0.25) is 10.2 Å². The zero-order chi connectivity index (χ0) is 10.7. The van der Waals surface area contributed by atoms with Gasteiger partial charge >= 0.3 is 0 Å². The van der Waals surface area contributed by atoms with E-state index in [4.69, 9.17) is 11.1 Å². The van der Waals surface area contributed by atoms with Crippen LogP contribution in [0.4, 0.5) is 0 Å². The number of carbonyl (C=O) groups is 1. The van der Waals surface area contributed by atoms with E-state index in [2.05, 4.69) is 0 Å². The summed E-state index contributed by atoms with van der Waals surface area (Å²) in [5.74, 6) is 0.557. The zero-order valence-electron chi connectivity index (χ0n) is 8.92. The minimum Gasteiger partial charge on any atom is -0.370 e. The van der Waals surface area contributed by atoms with Crippen LogP contribution < -0.4 is 5.73 Å². The largest absolute Gasteiger partial charge is 0.370 e. The van der Waals surface area contributed by atoms with Crippen molar-refractivity contribution in [3.05, 3.63) is 0 Å². The molecule has 0 bridgehead atoms. The fourth-order valence-corrected chi connectivity index (χ4v) is 1.90. The highest BCUT2D eigenvalue weighted by Crippen LogP contribution is 2.19. The first-order valence-corrected chi connectivity index (χ1v) is 5.15. The number of nitrogens with one attached hydrogen (secondary N) is 1. The van der Waals surface area contributed by atoms with Crippen LogP contribution in [-0.2, 0) is 4.79 Å². The third kappa shape index (κ3) is 2.47. The standard InChI is InChI=1S/C10H19N3O/c1-7(2)9(14)8-4-3-5-13(6-8)10(11)12/h7-8H,3-6H2,1-2H3,(H3,11,12). The molecule has 1 fully saturated rings. The summed E-state index contributed by atoms with van der Waals surface area (Å²) in [5.41, 5.74) is 5.40. The molecule has 1 saturated heterocycles. The molecule has 0 amide bonds. The summed E-state index contributed by atoms with van der Waals surface area (Å²) >= 11 is 0. The van der Waals surface area contributed by atoms with Crippen molar-refractivity contribution in [2.75, 3.05) is 13.1 Å². The lowest BCUT2D eigenvalue weighted by Gasteiger charge is -2.32. The number of rotatable bonds is 2. The second-order valence-corrected chi connectivity index (χ2v) is 4.23. The van der Waals surface area contributed by atoms with E-state index in [-0.39, 0.29) is 17.8 Å². The Bertz CT molecular complexity index is 238. The molecular weight excluding hydrogens is 178 g/mol. The van der Waals surface area contributed by atoms with Crippen molar-refractivity contribution >= 4 is 11.7 Å². The van der Waals surface area contributed by atoms with Gasteiger partial charge in [0.25, 0.3) is 0 Å². The molecule has 0 aliphatic carbocycles. The Labute approximate surface area is 85.0 Å². The molecule has 1 atom stereocenters. The van der Waals surface area contributed by atoms with Crippen molar-refractivity contribution in [3.8, 4) is 0 Å². The first-order chi connectivity index (χ1) is 6.52. The van der Waals surface area contributed by atoms with Gasteiger partial charge in [-0.2, -0.15) is 0 Å². The average Bonchev–Trinajstić information content (AvgIpc) is 2.16. The maximum atomic E-state index is 11.7. The summed E-state index contributed by atoms with van der Waals surface area (Å²) in [5, 5.41) is 7.32. The number of likely N-dealkylation sites (tertiary alicyclic amines) is 1. The molecule has 4 heteroatoms. The van der Waals surface area contributed by atoms with Crippen LogP contribution in [0, 0.1) is 17.2 Å². The molecule has 0 spiro atoms. The second kappa shape index (κ2) is 4.44. The highest BCUT2D eigenvalue weighted by molar-refractivity contribution is 5.84. The highest BCUT2D eigenvalue weighted by atomic mass is 16.1. The van der Waals surface area contributed by atoms with Crippen LogP contribution in [0.15, 0.2) is 0 Å². The average molecular weight is 197 g/mol. The van der Waals surface area contributed by atoms with Gasteiger partial charge in [-0.15, -0.1) is 0 Å². The molecule has 1 rings (SSSR count). The number of ketones is 1. The summed E-state index contributed by atoms with van der Waals surface area (Å²) in [4.78, 5) is 13.5. The number of carbonyl (C=O) groups excluding carboxylic acids is 1. The molecular formula is C10H19N3O. The molecule has 1 heterocycles. The Morgan fingerprint density at radius 2 is 2.21 bits per heavy atom. The van der Waals surface area contributed by atoms with E-state index in [1.54, 1.807) is 4.90 Å². The van der Waals surface area contributed by atoms with Gasteiger partial charge in [-0.1, -0.05) is 13.8 Å². The Morgan fingerprint density at radius 1 is 1.57 bits per heavy atom. The molecule has 0 aromatic carbocycles. The highest BCUT2D eigenvalue weighted by Gasteiger charge is 2.27. The van der Waals surface area contributed by atoms with Gasteiger partial charge in [0.15, 0.2) is 5.96 Å². The number of piperidine rings is 1. The van der Waals surface area contributed by atoms with Gasteiger partial charge in [-0.25, -0.2) is 0 Å². The summed E-state index contributed by atoms with van der Waals surface area (Å²) < 4.78 is 0. The van der Waals surface area contributed by atoms with Crippen molar-refractivity contribution in [1.29, 1.82) is 5.41 Å². The van der Waals surface area contributed by atoms with Gasteiger partial charge in [0.2, 0.25) is 0 Å². The van der Waals surface area contributed by atoms with Crippen molar-refractivity contribution in [1.82, 2.24) is 4.90 Å². The van der Waals surface area contributed by atoms with Crippen molar-refractivity contribution < 1.29 is 4.79 Å². The van der Waals surface area contributed by atoms with Crippen LogP contribution >= 0.6 is 0 Å². The predicted molar refractivity (Wildman–Crippen MR) is 56.1 cm³/mol. The van der Waals surface area contributed by atoms with Crippen LogP contribution in [-0.4, -0.2) is 29.7 Å². The second-order valence-electron chi connectivity index (χ2n) is 4.23. The lowest BCUT2D eigenvalue weighted by atomic mass is 9.88. The molecule has 4 nitrogen and oxygen atoms in total. The number of hydrogen-bond acceptors (Lipinski definition) is 2. The van der Waals surface area contributed by atoms with Crippen LogP contribution in [0.5, 0.6) is 0 Å². The number of nitrogens with zero attached hydrogens (tertiary/aromatic N) is 1. The van der Waals surface area contributed by atoms with E-state index in [1.165, 1.54) is 0 Å². The number of Topliss-reactive ketones (excluding diaryl/α,β-unsaturated/α-hetero) is 1. The van der Waals surface area contributed by atoms with Crippen LogP contribution in [0.3, 0.4) is 0 Å². The minimum atomic E-state index is 0.0765. The molecule has 0 saturated carbocycles. The van der Waals surface area contributed by atoms with E-state index >= 15 is 0 Å². The summed E-state index contributed by atoms with van der Waals surface area (Å²) in [6.07, 6.45) is 1.91. The molecule has 1 aliphatic rings. The van der Waals surface area contributed by atoms with Crippen molar-refractivity contribution in [3.63, 3.8) is 0 Å². The van der Waals surface area contributed by atoms with Crippen LogP contribution in [0.2, 0.25) is 0 Å². The molecule has 3 N–H and O–H groups in total. The quantitative estimate of drug-likeness (QED) is 0.508. The molecule has 80 valence electrons. The first-order valence-electron chi connectivity index (χ1n) is 5.15. The monoisotopic (exact) mass is 197 g/mol. The Kier molecular flexibility index (Phi) is 3.49. The maximum absolute atomic E-state index is 11.7. The summed E-state index contributed by atoms with van der Waals surface area (Å²) in [7, 11) is 0. The Morgan fingerprint density at radius 3 is 2.71 bits per heavy atom. The molecule has 0 aromatic rings. The molecule has 14 heavy (non-hydrogen) atoms. The fraction of sp³-hybridized carbons (Fsp3) is 0.800. The van der Waals surface area contributed by atoms with Crippen LogP contribution in [0.25, 0.3) is 0 Å². The predicted octanol–water partition coefficient (Wildman–Crippen LogP) is 0.817. The molecule has 1 aliphatic heterocycles. The number of guanidine groups is 1. The van der Waals surface area contributed by atoms with E-state index in [9.17, 15) is 4.79 Å². The third-order valence-corrected chi connectivity index (χ3v) is 2.73. The fourth-order valence-electron chi connectivity index (χ4n) is 1.90. The third-order valence-electron chi connectivity index (χ3n) is 2.73. The van der Waals surface area contributed by atoms with E-state index < -0.39 is 0 Å². The van der Waals surface area contributed by atoms with E-state index in [1.807, 2.05) is 13.8 Å². The Hall–Kier alpha value is -1.06. The summed E-state index contributed by atoms with van der Waals surface area (Å²) in [6.45, 7) is 5.30. The van der Waals surface area contributed by atoms with Gasteiger partial charge in [0.05, 0.1) is 0 Å². The minimum absolute atomic E-state index is 0.0765. The van der Waals surface area contributed by atoms with E-state index in [0.29, 0.717) is 12.3 Å². The molecule has 1 unspecified atom stereocenters. The van der Waals surface area contributed by atoms with Crippen molar-refractivity contribution in [2.45, 2.75) is 26.7 Å².